The summed E-state index contributed by atoms with van der Waals surface area (Å²) >= 11 is 0. The van der Waals surface area contributed by atoms with Crippen LogP contribution in [-0.4, -0.2) is 14.2 Å². The molecule has 0 fully saturated rings. The standard InChI is InChI=1S/C12H12O4/c1-13-11(9-5-3-7-15-9)12(14-2)10-6-4-8-16-10/h3-8H,1-2H3/b12-11+. The average molecular weight is 220 g/mol. The lowest BCUT2D eigenvalue weighted by atomic mass is 10.2. The average Bonchev–Trinajstić information content (AvgIpc) is 2.97. The first-order valence-corrected chi connectivity index (χ1v) is 4.77. The Kier molecular flexibility index (Phi) is 3.00. The predicted octanol–water partition coefficient (Wildman–Crippen LogP) is 2.99. The first kappa shape index (κ1) is 10.4. The van der Waals surface area contributed by atoms with E-state index in [4.69, 9.17) is 18.3 Å². The Bertz CT molecular complexity index is 407. The molecule has 2 heterocycles. The van der Waals surface area contributed by atoms with E-state index in [9.17, 15) is 0 Å². The van der Waals surface area contributed by atoms with Gasteiger partial charge < -0.3 is 18.3 Å². The number of methoxy groups -OCH3 is 2. The summed E-state index contributed by atoms with van der Waals surface area (Å²) in [5, 5.41) is 0. The van der Waals surface area contributed by atoms with Crippen molar-refractivity contribution in [2.24, 2.45) is 0 Å². The summed E-state index contributed by atoms with van der Waals surface area (Å²) < 4.78 is 21.1. The molecular weight excluding hydrogens is 208 g/mol. The quantitative estimate of drug-likeness (QED) is 0.743. The molecule has 2 aromatic heterocycles. The van der Waals surface area contributed by atoms with Crippen LogP contribution in [0.15, 0.2) is 45.6 Å². The van der Waals surface area contributed by atoms with E-state index < -0.39 is 0 Å². The maximum absolute atomic E-state index is 5.27. The second-order valence-corrected chi connectivity index (χ2v) is 3.02. The molecule has 0 unspecified atom stereocenters. The molecule has 2 aromatic rings. The van der Waals surface area contributed by atoms with Gasteiger partial charge in [0.1, 0.15) is 0 Å². The number of furan rings is 2. The van der Waals surface area contributed by atoms with Crippen molar-refractivity contribution in [3.8, 4) is 0 Å². The number of hydrogen-bond acceptors (Lipinski definition) is 4. The van der Waals surface area contributed by atoms with E-state index in [1.54, 1.807) is 51.0 Å². The lowest BCUT2D eigenvalue weighted by Gasteiger charge is -2.08. The normalized spacial score (nSPS) is 12.1. The molecule has 0 saturated heterocycles. The Morgan fingerprint density at radius 2 is 1.31 bits per heavy atom. The minimum Gasteiger partial charge on any atom is -0.490 e. The number of ether oxygens (including phenoxy) is 2. The van der Waals surface area contributed by atoms with Crippen LogP contribution in [-0.2, 0) is 9.47 Å². The van der Waals surface area contributed by atoms with E-state index in [2.05, 4.69) is 0 Å². The first-order valence-electron chi connectivity index (χ1n) is 4.77. The summed E-state index contributed by atoms with van der Waals surface area (Å²) in [7, 11) is 3.11. The third-order valence-electron chi connectivity index (χ3n) is 2.10. The molecule has 0 amide bonds. The number of rotatable bonds is 4. The highest BCUT2D eigenvalue weighted by Crippen LogP contribution is 2.27. The minimum atomic E-state index is 0.502. The Labute approximate surface area is 93.1 Å². The molecule has 0 spiro atoms. The number of hydrogen-bond donors (Lipinski definition) is 0. The second kappa shape index (κ2) is 4.61. The van der Waals surface area contributed by atoms with E-state index in [1.165, 1.54) is 0 Å². The van der Waals surface area contributed by atoms with Crippen molar-refractivity contribution in [2.45, 2.75) is 0 Å². The molecule has 0 aliphatic carbocycles. The highest BCUT2D eigenvalue weighted by molar-refractivity contribution is 5.80. The molecular formula is C12H12O4. The van der Waals surface area contributed by atoms with Crippen LogP contribution >= 0.6 is 0 Å². The largest absolute Gasteiger partial charge is 0.490 e. The van der Waals surface area contributed by atoms with Crippen LogP contribution in [0.3, 0.4) is 0 Å². The molecule has 0 aromatic carbocycles. The second-order valence-electron chi connectivity index (χ2n) is 3.02. The van der Waals surface area contributed by atoms with Gasteiger partial charge in [-0.15, -0.1) is 0 Å². The fraction of sp³-hybridized carbons (Fsp3) is 0.167. The summed E-state index contributed by atoms with van der Waals surface area (Å²) in [5.74, 6) is 2.19. The van der Waals surface area contributed by atoms with Crippen LogP contribution in [0.1, 0.15) is 11.5 Å². The van der Waals surface area contributed by atoms with Crippen molar-refractivity contribution < 1.29 is 18.3 Å². The topological polar surface area (TPSA) is 44.7 Å². The summed E-state index contributed by atoms with van der Waals surface area (Å²) in [4.78, 5) is 0. The molecule has 0 atom stereocenters. The molecule has 4 nitrogen and oxygen atoms in total. The van der Waals surface area contributed by atoms with Crippen LogP contribution in [0.2, 0.25) is 0 Å². The molecule has 84 valence electrons. The van der Waals surface area contributed by atoms with Crippen LogP contribution in [0.4, 0.5) is 0 Å². The van der Waals surface area contributed by atoms with Gasteiger partial charge in [0.05, 0.1) is 26.7 Å². The summed E-state index contributed by atoms with van der Waals surface area (Å²) in [5.41, 5.74) is 0. The van der Waals surface area contributed by atoms with Crippen LogP contribution in [0.5, 0.6) is 0 Å². The van der Waals surface area contributed by atoms with Crippen molar-refractivity contribution in [3.63, 3.8) is 0 Å². The summed E-state index contributed by atoms with van der Waals surface area (Å²) in [6.45, 7) is 0. The zero-order valence-electron chi connectivity index (χ0n) is 9.10. The molecule has 0 N–H and O–H groups in total. The van der Waals surface area contributed by atoms with Crippen LogP contribution in [0.25, 0.3) is 11.5 Å². The minimum absolute atomic E-state index is 0.502. The molecule has 4 heteroatoms. The Hall–Kier alpha value is -2.10. The predicted molar refractivity (Wildman–Crippen MR) is 58.2 cm³/mol. The van der Waals surface area contributed by atoms with Crippen LogP contribution < -0.4 is 0 Å². The lowest BCUT2D eigenvalue weighted by Crippen LogP contribution is -1.94. The zero-order valence-corrected chi connectivity index (χ0v) is 9.10. The summed E-state index contributed by atoms with van der Waals surface area (Å²) in [6.07, 6.45) is 3.15. The molecule has 0 bridgehead atoms. The fourth-order valence-corrected chi connectivity index (χ4v) is 1.43. The maximum atomic E-state index is 5.27. The van der Waals surface area contributed by atoms with Gasteiger partial charge in [0, 0.05) is 0 Å². The fourth-order valence-electron chi connectivity index (χ4n) is 1.43. The highest BCUT2D eigenvalue weighted by Gasteiger charge is 2.17. The van der Waals surface area contributed by atoms with E-state index in [0.717, 1.165) is 0 Å². The highest BCUT2D eigenvalue weighted by atomic mass is 16.5. The SMILES string of the molecule is CO/C(=C(/OC)c1ccco1)c1ccco1. The smallest absolute Gasteiger partial charge is 0.207 e. The maximum Gasteiger partial charge on any atom is 0.207 e. The van der Waals surface area contributed by atoms with E-state index in [0.29, 0.717) is 23.0 Å². The lowest BCUT2D eigenvalue weighted by molar-refractivity contribution is 0.309. The molecule has 0 aliphatic rings. The first-order chi connectivity index (χ1) is 7.86. The van der Waals surface area contributed by atoms with E-state index in [1.807, 2.05) is 0 Å². The third kappa shape index (κ3) is 1.82. The van der Waals surface area contributed by atoms with Crippen molar-refractivity contribution in [1.82, 2.24) is 0 Å². The van der Waals surface area contributed by atoms with Gasteiger partial charge >= 0.3 is 0 Å². The summed E-state index contributed by atoms with van der Waals surface area (Å²) in [6, 6.07) is 7.15. The Balaban J connectivity index is 2.50. The van der Waals surface area contributed by atoms with Gasteiger partial charge in [-0.05, 0) is 24.3 Å². The van der Waals surface area contributed by atoms with Gasteiger partial charge in [-0.25, -0.2) is 0 Å². The van der Waals surface area contributed by atoms with Gasteiger partial charge in [0.15, 0.2) is 11.5 Å². The molecule has 0 radical (unpaired) electrons. The van der Waals surface area contributed by atoms with Gasteiger partial charge in [-0.3, -0.25) is 0 Å². The van der Waals surface area contributed by atoms with Gasteiger partial charge in [0.25, 0.3) is 0 Å². The van der Waals surface area contributed by atoms with Crippen molar-refractivity contribution >= 4 is 11.5 Å². The molecule has 0 saturated carbocycles. The van der Waals surface area contributed by atoms with E-state index in [-0.39, 0.29) is 0 Å². The van der Waals surface area contributed by atoms with Gasteiger partial charge in [-0.2, -0.15) is 0 Å². The van der Waals surface area contributed by atoms with Crippen molar-refractivity contribution in [3.05, 3.63) is 48.3 Å². The third-order valence-corrected chi connectivity index (χ3v) is 2.10. The Morgan fingerprint density at radius 3 is 1.56 bits per heavy atom. The van der Waals surface area contributed by atoms with Crippen molar-refractivity contribution in [1.29, 1.82) is 0 Å². The molecule has 0 aliphatic heterocycles. The van der Waals surface area contributed by atoms with Crippen LogP contribution in [0, 0.1) is 0 Å². The van der Waals surface area contributed by atoms with Crippen molar-refractivity contribution in [2.75, 3.05) is 14.2 Å². The van der Waals surface area contributed by atoms with E-state index >= 15 is 0 Å². The Morgan fingerprint density at radius 1 is 0.875 bits per heavy atom. The molecule has 16 heavy (non-hydrogen) atoms. The van der Waals surface area contributed by atoms with Gasteiger partial charge in [0.2, 0.25) is 11.5 Å². The monoisotopic (exact) mass is 220 g/mol. The zero-order chi connectivity index (χ0) is 11.4. The van der Waals surface area contributed by atoms with Gasteiger partial charge in [-0.1, -0.05) is 0 Å². The molecule has 2 rings (SSSR count).